The van der Waals surface area contributed by atoms with Gasteiger partial charge in [0.05, 0.1) is 28.5 Å². The van der Waals surface area contributed by atoms with E-state index in [2.05, 4.69) is 5.32 Å². The molecular formula is C22H22N2O3S2. The number of aryl methyl sites for hydroxylation is 1. The van der Waals surface area contributed by atoms with Crippen LogP contribution in [0.5, 0.6) is 0 Å². The van der Waals surface area contributed by atoms with Gasteiger partial charge in [-0.3, -0.25) is 4.79 Å². The van der Waals surface area contributed by atoms with Crippen LogP contribution >= 0.6 is 11.3 Å². The molecule has 0 radical (unpaired) electrons. The minimum Gasteiger partial charge on any atom is -0.352 e. The molecule has 29 heavy (non-hydrogen) atoms. The van der Waals surface area contributed by atoms with Crippen molar-refractivity contribution in [3.05, 3.63) is 65.9 Å². The number of nitrogens with one attached hydrogen (secondary N) is 1. The molecule has 3 aromatic rings. The van der Waals surface area contributed by atoms with Crippen molar-refractivity contribution in [1.82, 2.24) is 10.3 Å². The van der Waals surface area contributed by atoms with Crippen LogP contribution in [-0.4, -0.2) is 36.9 Å². The van der Waals surface area contributed by atoms with Crippen molar-refractivity contribution in [3.8, 4) is 21.0 Å². The molecule has 1 atom stereocenters. The number of carbonyl (C=O) groups excluding carboxylic acids is 1. The maximum Gasteiger partial charge on any atom is 0.226 e. The topological polar surface area (TPSA) is 76.1 Å². The van der Waals surface area contributed by atoms with Crippen LogP contribution in [-0.2, 0) is 21.1 Å². The second-order valence-corrected chi connectivity index (χ2v) is 10.6. The molecule has 1 aromatic heterocycles. The van der Waals surface area contributed by atoms with Crippen molar-refractivity contribution >= 4 is 27.1 Å². The minimum atomic E-state index is -3.03. The summed E-state index contributed by atoms with van der Waals surface area (Å²) in [6, 6.07) is 17.8. The van der Waals surface area contributed by atoms with Crippen LogP contribution in [0.15, 0.2) is 54.6 Å². The number of benzene rings is 2. The lowest BCUT2D eigenvalue weighted by molar-refractivity contribution is -0.121. The van der Waals surface area contributed by atoms with Crippen molar-refractivity contribution in [2.24, 2.45) is 0 Å². The molecule has 150 valence electrons. The molecule has 2 heterocycles. The third kappa shape index (κ3) is 4.74. The molecule has 1 aliphatic heterocycles. The molecule has 1 amide bonds. The standard InChI is InChI=1S/C22H22N2O3S2/c1-15-7-9-16(10-8-15)21-19(24-22(28-21)17-5-3-2-4-6-17)13-20(25)23-18-11-12-29(26,27)14-18/h2-10,18H,11-14H2,1H3,(H,23,25)/t18-/m1/s1. The molecule has 0 unspecified atom stereocenters. The molecule has 1 fully saturated rings. The second-order valence-electron chi connectivity index (χ2n) is 7.37. The quantitative estimate of drug-likeness (QED) is 0.676. The molecule has 0 aliphatic carbocycles. The van der Waals surface area contributed by atoms with Gasteiger partial charge in [0.1, 0.15) is 5.01 Å². The van der Waals surface area contributed by atoms with Crippen LogP contribution in [0, 0.1) is 6.92 Å². The molecule has 1 aliphatic rings. The predicted octanol–water partition coefficient (Wildman–Crippen LogP) is 3.63. The molecule has 0 saturated carbocycles. The fourth-order valence-corrected chi connectivity index (χ4v) is 6.21. The van der Waals surface area contributed by atoms with Gasteiger partial charge in [0, 0.05) is 11.6 Å². The number of carbonyl (C=O) groups is 1. The van der Waals surface area contributed by atoms with Crippen LogP contribution in [0.2, 0.25) is 0 Å². The van der Waals surface area contributed by atoms with Gasteiger partial charge in [-0.05, 0) is 18.9 Å². The summed E-state index contributed by atoms with van der Waals surface area (Å²) in [5.41, 5.74) is 3.93. The van der Waals surface area contributed by atoms with Crippen molar-refractivity contribution < 1.29 is 13.2 Å². The summed E-state index contributed by atoms with van der Waals surface area (Å²) in [6.45, 7) is 2.04. The summed E-state index contributed by atoms with van der Waals surface area (Å²) >= 11 is 1.57. The van der Waals surface area contributed by atoms with Gasteiger partial charge in [-0.25, -0.2) is 13.4 Å². The zero-order chi connectivity index (χ0) is 20.4. The Morgan fingerprint density at radius 2 is 1.83 bits per heavy atom. The third-order valence-corrected chi connectivity index (χ3v) is 7.92. The summed E-state index contributed by atoms with van der Waals surface area (Å²) in [5.74, 6) is -0.0255. The number of nitrogens with zero attached hydrogens (tertiary/aromatic N) is 1. The van der Waals surface area contributed by atoms with Crippen molar-refractivity contribution in [2.45, 2.75) is 25.8 Å². The van der Waals surface area contributed by atoms with Crippen LogP contribution < -0.4 is 5.32 Å². The smallest absolute Gasteiger partial charge is 0.226 e. The number of hydrogen-bond acceptors (Lipinski definition) is 5. The maximum atomic E-state index is 12.6. The Kier molecular flexibility index (Phi) is 5.52. The lowest BCUT2D eigenvalue weighted by atomic mass is 10.1. The third-order valence-electron chi connectivity index (χ3n) is 4.96. The first-order chi connectivity index (χ1) is 13.9. The highest BCUT2D eigenvalue weighted by Gasteiger charge is 2.29. The maximum absolute atomic E-state index is 12.6. The monoisotopic (exact) mass is 426 g/mol. The lowest BCUT2D eigenvalue weighted by Crippen LogP contribution is -2.36. The van der Waals surface area contributed by atoms with Crippen molar-refractivity contribution in [3.63, 3.8) is 0 Å². The first-order valence-corrected chi connectivity index (χ1v) is 12.2. The lowest BCUT2D eigenvalue weighted by Gasteiger charge is -2.10. The van der Waals surface area contributed by atoms with Gasteiger partial charge in [-0.15, -0.1) is 11.3 Å². The van der Waals surface area contributed by atoms with Gasteiger partial charge in [-0.2, -0.15) is 0 Å². The van der Waals surface area contributed by atoms with Crippen molar-refractivity contribution in [2.75, 3.05) is 11.5 Å². The normalized spacial score (nSPS) is 17.9. The highest BCUT2D eigenvalue weighted by Crippen LogP contribution is 2.36. The summed E-state index contributed by atoms with van der Waals surface area (Å²) in [6.07, 6.45) is 0.605. The summed E-state index contributed by atoms with van der Waals surface area (Å²) in [7, 11) is -3.03. The van der Waals surface area contributed by atoms with E-state index in [1.165, 1.54) is 5.56 Å². The Balaban J connectivity index is 1.61. The van der Waals surface area contributed by atoms with Gasteiger partial charge in [-0.1, -0.05) is 60.2 Å². The fraction of sp³-hybridized carbons (Fsp3) is 0.273. The van der Waals surface area contributed by atoms with Gasteiger partial charge < -0.3 is 5.32 Å². The molecule has 0 spiro atoms. The van der Waals surface area contributed by atoms with E-state index in [0.717, 1.165) is 26.7 Å². The molecule has 7 heteroatoms. The Labute approximate surface area is 174 Å². The summed E-state index contributed by atoms with van der Waals surface area (Å²) in [4.78, 5) is 18.4. The zero-order valence-corrected chi connectivity index (χ0v) is 17.7. The van der Waals surface area contributed by atoms with Crippen molar-refractivity contribution in [1.29, 1.82) is 0 Å². The van der Waals surface area contributed by atoms with Gasteiger partial charge in [0.15, 0.2) is 9.84 Å². The minimum absolute atomic E-state index is 0.0237. The molecule has 2 aromatic carbocycles. The van der Waals surface area contributed by atoms with E-state index >= 15 is 0 Å². The number of rotatable bonds is 5. The molecule has 1 N–H and O–H groups in total. The van der Waals surface area contributed by atoms with Gasteiger partial charge >= 0.3 is 0 Å². The van der Waals surface area contributed by atoms with Crippen LogP contribution in [0.25, 0.3) is 21.0 Å². The largest absolute Gasteiger partial charge is 0.352 e. The summed E-state index contributed by atoms with van der Waals surface area (Å²) < 4.78 is 23.3. The first kappa shape index (κ1) is 19.8. The zero-order valence-electron chi connectivity index (χ0n) is 16.1. The Morgan fingerprint density at radius 1 is 1.10 bits per heavy atom. The van der Waals surface area contributed by atoms with E-state index in [1.807, 2.05) is 61.5 Å². The predicted molar refractivity (Wildman–Crippen MR) is 117 cm³/mol. The number of aromatic nitrogens is 1. The summed E-state index contributed by atoms with van der Waals surface area (Å²) in [5, 5.41) is 3.73. The molecule has 0 bridgehead atoms. The average Bonchev–Trinajstić information content (AvgIpc) is 3.26. The van der Waals surface area contributed by atoms with E-state index in [0.29, 0.717) is 6.42 Å². The van der Waals surface area contributed by atoms with E-state index in [-0.39, 0.29) is 29.9 Å². The second kappa shape index (κ2) is 8.08. The van der Waals surface area contributed by atoms with E-state index in [9.17, 15) is 13.2 Å². The molecule has 5 nitrogen and oxygen atoms in total. The first-order valence-electron chi connectivity index (χ1n) is 9.51. The Bertz CT molecular complexity index is 1120. The van der Waals surface area contributed by atoms with E-state index in [1.54, 1.807) is 11.3 Å². The molecular weight excluding hydrogens is 404 g/mol. The number of hydrogen-bond donors (Lipinski definition) is 1. The number of sulfone groups is 1. The van der Waals surface area contributed by atoms with Gasteiger partial charge in [0.25, 0.3) is 0 Å². The number of amides is 1. The average molecular weight is 427 g/mol. The van der Waals surface area contributed by atoms with E-state index < -0.39 is 9.84 Å². The SMILES string of the molecule is Cc1ccc(-c2sc(-c3ccccc3)nc2CC(=O)N[C@@H]2CCS(=O)(=O)C2)cc1. The Morgan fingerprint density at radius 3 is 2.48 bits per heavy atom. The van der Waals surface area contributed by atoms with E-state index in [4.69, 9.17) is 4.98 Å². The molecule has 1 saturated heterocycles. The van der Waals surface area contributed by atoms with Crippen LogP contribution in [0.3, 0.4) is 0 Å². The Hall–Kier alpha value is -2.51. The van der Waals surface area contributed by atoms with Crippen LogP contribution in [0.4, 0.5) is 0 Å². The number of thiazole rings is 1. The highest BCUT2D eigenvalue weighted by atomic mass is 32.2. The fourth-order valence-electron chi connectivity index (χ4n) is 3.45. The van der Waals surface area contributed by atoms with Gasteiger partial charge in [0.2, 0.25) is 5.91 Å². The highest BCUT2D eigenvalue weighted by molar-refractivity contribution is 7.91. The van der Waals surface area contributed by atoms with Crippen LogP contribution in [0.1, 0.15) is 17.7 Å². The molecule has 4 rings (SSSR count).